The summed E-state index contributed by atoms with van der Waals surface area (Å²) in [5.74, 6) is -0.0904. The topological polar surface area (TPSA) is 47.9 Å². The Hall–Kier alpha value is -1.73. The first kappa shape index (κ1) is 20.0. The van der Waals surface area contributed by atoms with E-state index in [9.17, 15) is 4.79 Å². The van der Waals surface area contributed by atoms with Crippen LogP contribution in [0.4, 0.5) is 0 Å². The van der Waals surface area contributed by atoms with E-state index in [1.807, 2.05) is 36.4 Å². The van der Waals surface area contributed by atoms with Gasteiger partial charge in [0.25, 0.3) is 5.91 Å². The van der Waals surface area contributed by atoms with Gasteiger partial charge in [0, 0.05) is 42.2 Å². The number of rotatable bonds is 6. The van der Waals surface area contributed by atoms with E-state index >= 15 is 0 Å². The van der Waals surface area contributed by atoms with Crippen molar-refractivity contribution in [3.05, 3.63) is 69.2 Å². The summed E-state index contributed by atoms with van der Waals surface area (Å²) >= 11 is 9.34. The third-order valence-corrected chi connectivity index (χ3v) is 5.15. The predicted octanol–water partition coefficient (Wildman–Crippen LogP) is 3.37. The van der Waals surface area contributed by atoms with Crippen LogP contribution < -0.4 is 5.43 Å². The predicted molar refractivity (Wildman–Crippen MR) is 113 cm³/mol. The molecule has 0 aliphatic carbocycles. The summed E-state index contributed by atoms with van der Waals surface area (Å²) in [6.07, 6.45) is 1.65. The van der Waals surface area contributed by atoms with Crippen LogP contribution in [-0.4, -0.2) is 54.6 Å². The first-order valence-electron chi connectivity index (χ1n) is 8.85. The molecule has 5 nitrogen and oxygen atoms in total. The SMILES string of the molecule is O=C(CN1CCN(Cc2ccc(Cl)cc2)CC1)NN=Cc1cccc(Br)c1. The minimum atomic E-state index is -0.0904. The monoisotopic (exact) mass is 448 g/mol. The molecule has 2 aromatic carbocycles. The van der Waals surface area contributed by atoms with E-state index in [0.717, 1.165) is 47.8 Å². The van der Waals surface area contributed by atoms with Gasteiger partial charge in [-0.25, -0.2) is 5.43 Å². The zero-order valence-corrected chi connectivity index (χ0v) is 17.3. The summed E-state index contributed by atoms with van der Waals surface area (Å²) in [5.41, 5.74) is 4.79. The van der Waals surface area contributed by atoms with Gasteiger partial charge in [0.2, 0.25) is 0 Å². The molecule has 0 spiro atoms. The molecule has 1 heterocycles. The van der Waals surface area contributed by atoms with Gasteiger partial charge in [0.1, 0.15) is 0 Å². The van der Waals surface area contributed by atoms with E-state index in [-0.39, 0.29) is 5.91 Å². The zero-order chi connectivity index (χ0) is 19.1. The highest BCUT2D eigenvalue weighted by Gasteiger charge is 2.18. The van der Waals surface area contributed by atoms with Crippen LogP contribution in [0.15, 0.2) is 58.1 Å². The summed E-state index contributed by atoms with van der Waals surface area (Å²) in [6, 6.07) is 15.7. The maximum atomic E-state index is 12.1. The number of hydrogen-bond acceptors (Lipinski definition) is 4. The molecule has 1 N–H and O–H groups in total. The van der Waals surface area contributed by atoms with E-state index in [4.69, 9.17) is 11.6 Å². The first-order chi connectivity index (χ1) is 13.1. The minimum absolute atomic E-state index is 0.0904. The number of carbonyl (C=O) groups excluding carboxylic acids is 1. The Bertz CT molecular complexity index is 789. The van der Waals surface area contributed by atoms with Crippen LogP contribution in [0.3, 0.4) is 0 Å². The number of benzene rings is 2. The summed E-state index contributed by atoms with van der Waals surface area (Å²) in [4.78, 5) is 16.6. The minimum Gasteiger partial charge on any atom is -0.297 e. The number of nitrogens with one attached hydrogen (secondary N) is 1. The molecule has 1 aliphatic rings. The number of piperazine rings is 1. The molecule has 0 saturated carbocycles. The largest absolute Gasteiger partial charge is 0.297 e. The number of amides is 1. The standard InChI is InChI=1S/C20H22BrClN4O/c21-18-3-1-2-17(12-18)13-23-24-20(27)15-26-10-8-25(9-11-26)14-16-4-6-19(22)7-5-16/h1-7,12-13H,8-11,14-15H2,(H,24,27). The Morgan fingerprint density at radius 3 is 2.52 bits per heavy atom. The maximum absolute atomic E-state index is 12.1. The van der Waals surface area contributed by atoms with Crippen molar-refractivity contribution >= 4 is 39.7 Å². The number of halogens is 2. The summed E-state index contributed by atoms with van der Waals surface area (Å²) in [6.45, 7) is 4.90. The van der Waals surface area contributed by atoms with Crippen molar-refractivity contribution in [3.8, 4) is 0 Å². The molecule has 0 atom stereocenters. The molecule has 7 heteroatoms. The number of carbonyl (C=O) groups is 1. The first-order valence-corrected chi connectivity index (χ1v) is 10.0. The average Bonchev–Trinajstić information content (AvgIpc) is 2.65. The second kappa shape index (κ2) is 9.99. The Labute approximate surface area is 173 Å². The molecule has 0 radical (unpaired) electrons. The van der Waals surface area contributed by atoms with Gasteiger partial charge in [0.15, 0.2) is 0 Å². The molecule has 3 rings (SSSR count). The quantitative estimate of drug-likeness (QED) is 0.543. The van der Waals surface area contributed by atoms with Gasteiger partial charge < -0.3 is 0 Å². The van der Waals surface area contributed by atoms with E-state index in [1.54, 1.807) is 6.21 Å². The maximum Gasteiger partial charge on any atom is 0.254 e. The molecule has 1 amide bonds. The molecule has 0 aromatic heterocycles. The Balaban J connectivity index is 1.38. The molecule has 27 heavy (non-hydrogen) atoms. The molecule has 0 bridgehead atoms. The van der Waals surface area contributed by atoms with Crippen LogP contribution in [0, 0.1) is 0 Å². The van der Waals surface area contributed by atoms with Crippen molar-refractivity contribution in [2.24, 2.45) is 5.10 Å². The van der Waals surface area contributed by atoms with Gasteiger partial charge in [-0.05, 0) is 35.4 Å². The lowest BCUT2D eigenvalue weighted by Gasteiger charge is -2.34. The molecule has 2 aromatic rings. The van der Waals surface area contributed by atoms with E-state index in [2.05, 4.69) is 48.4 Å². The third kappa shape index (κ3) is 6.74. The molecule has 0 unspecified atom stereocenters. The van der Waals surface area contributed by atoms with Gasteiger partial charge in [-0.1, -0.05) is 51.8 Å². The molecule has 1 aliphatic heterocycles. The van der Waals surface area contributed by atoms with Crippen molar-refractivity contribution in [1.29, 1.82) is 0 Å². The van der Waals surface area contributed by atoms with Crippen molar-refractivity contribution in [3.63, 3.8) is 0 Å². The highest BCUT2D eigenvalue weighted by molar-refractivity contribution is 9.10. The fourth-order valence-electron chi connectivity index (χ4n) is 2.96. The van der Waals surface area contributed by atoms with Gasteiger partial charge in [0.05, 0.1) is 12.8 Å². The highest BCUT2D eigenvalue weighted by Crippen LogP contribution is 2.13. The average molecular weight is 450 g/mol. The third-order valence-electron chi connectivity index (χ3n) is 4.40. The number of hydrogen-bond donors (Lipinski definition) is 1. The second-order valence-corrected chi connectivity index (χ2v) is 7.88. The zero-order valence-electron chi connectivity index (χ0n) is 14.9. The van der Waals surface area contributed by atoms with Crippen molar-refractivity contribution in [2.45, 2.75) is 6.54 Å². The van der Waals surface area contributed by atoms with Crippen molar-refractivity contribution in [2.75, 3.05) is 32.7 Å². The fraction of sp³-hybridized carbons (Fsp3) is 0.300. The molecule has 142 valence electrons. The second-order valence-electron chi connectivity index (χ2n) is 6.53. The summed E-state index contributed by atoms with van der Waals surface area (Å²) < 4.78 is 0.981. The number of hydrazone groups is 1. The highest BCUT2D eigenvalue weighted by atomic mass is 79.9. The van der Waals surface area contributed by atoms with Gasteiger partial charge in [-0.15, -0.1) is 0 Å². The number of nitrogens with zero attached hydrogens (tertiary/aromatic N) is 3. The van der Waals surface area contributed by atoms with Gasteiger partial charge in [-0.2, -0.15) is 5.10 Å². The summed E-state index contributed by atoms with van der Waals surface area (Å²) in [7, 11) is 0. The van der Waals surface area contributed by atoms with Crippen LogP contribution in [-0.2, 0) is 11.3 Å². The van der Waals surface area contributed by atoms with Crippen LogP contribution >= 0.6 is 27.5 Å². The Morgan fingerprint density at radius 2 is 1.81 bits per heavy atom. The lowest BCUT2D eigenvalue weighted by Crippen LogP contribution is -2.48. The Kier molecular flexibility index (Phi) is 7.41. The Morgan fingerprint density at radius 1 is 1.11 bits per heavy atom. The molecule has 1 fully saturated rings. The van der Waals surface area contributed by atoms with Crippen LogP contribution in [0.5, 0.6) is 0 Å². The molecule has 1 saturated heterocycles. The lowest BCUT2D eigenvalue weighted by molar-refractivity contribution is -0.122. The van der Waals surface area contributed by atoms with Crippen LogP contribution in [0.25, 0.3) is 0 Å². The lowest BCUT2D eigenvalue weighted by atomic mass is 10.2. The van der Waals surface area contributed by atoms with Crippen molar-refractivity contribution < 1.29 is 4.79 Å². The molecular formula is C20H22BrClN4O. The van der Waals surface area contributed by atoms with Crippen LogP contribution in [0.1, 0.15) is 11.1 Å². The summed E-state index contributed by atoms with van der Waals surface area (Å²) in [5, 5.41) is 4.79. The normalized spacial score (nSPS) is 15.9. The van der Waals surface area contributed by atoms with Gasteiger partial charge in [-0.3, -0.25) is 14.6 Å². The van der Waals surface area contributed by atoms with E-state index in [0.29, 0.717) is 6.54 Å². The molecular weight excluding hydrogens is 428 g/mol. The van der Waals surface area contributed by atoms with E-state index < -0.39 is 0 Å². The van der Waals surface area contributed by atoms with Gasteiger partial charge >= 0.3 is 0 Å². The smallest absolute Gasteiger partial charge is 0.254 e. The van der Waals surface area contributed by atoms with E-state index in [1.165, 1.54) is 5.56 Å². The fourth-order valence-corrected chi connectivity index (χ4v) is 3.50. The van der Waals surface area contributed by atoms with Crippen molar-refractivity contribution in [1.82, 2.24) is 15.2 Å². The van der Waals surface area contributed by atoms with Crippen LogP contribution in [0.2, 0.25) is 5.02 Å².